The monoisotopic (exact) mass is 416 g/mol. The van der Waals surface area contributed by atoms with Gasteiger partial charge in [0.25, 0.3) is 0 Å². The number of anilines is 1. The van der Waals surface area contributed by atoms with Gasteiger partial charge in [0.1, 0.15) is 0 Å². The molecule has 1 atom stereocenters. The summed E-state index contributed by atoms with van der Waals surface area (Å²) < 4.78 is 34.0. The molecule has 29 heavy (non-hydrogen) atoms. The predicted molar refractivity (Wildman–Crippen MR) is 114 cm³/mol. The largest absolute Gasteiger partial charge is 0.378 e. The first-order valence-corrected chi connectivity index (χ1v) is 11.2. The smallest absolute Gasteiger partial charge is 0.243 e. The topological polar surface area (TPSA) is 66.9 Å². The van der Waals surface area contributed by atoms with E-state index in [1.54, 1.807) is 18.2 Å². The van der Waals surface area contributed by atoms with E-state index in [1.165, 1.54) is 17.3 Å². The van der Waals surface area contributed by atoms with Gasteiger partial charge in [-0.05, 0) is 49.6 Å². The van der Waals surface area contributed by atoms with E-state index in [0.717, 1.165) is 24.1 Å². The highest BCUT2D eigenvalue weighted by Gasteiger charge is 2.29. The maximum atomic E-state index is 13.4. The molecule has 1 fully saturated rings. The summed E-state index contributed by atoms with van der Waals surface area (Å²) in [6, 6.07) is 14.1. The zero-order valence-corrected chi connectivity index (χ0v) is 18.0. The number of Topliss-reactive ketones (excluding diaryl/α,β-unsaturated/α-hetero) is 1. The number of carbonyl (C=O) groups excluding carboxylic acids is 1. The number of benzene rings is 2. The molecule has 156 valence electrons. The van der Waals surface area contributed by atoms with Crippen LogP contribution in [-0.4, -0.2) is 51.9 Å². The van der Waals surface area contributed by atoms with Crippen molar-refractivity contribution in [2.75, 3.05) is 32.1 Å². The first kappa shape index (κ1) is 21.5. The minimum atomic E-state index is -3.78. The van der Waals surface area contributed by atoms with Gasteiger partial charge in [0.2, 0.25) is 10.0 Å². The van der Waals surface area contributed by atoms with E-state index in [-0.39, 0.29) is 23.3 Å². The Bertz CT molecular complexity index is 949. The van der Waals surface area contributed by atoms with E-state index in [2.05, 4.69) is 0 Å². The second kappa shape index (κ2) is 9.07. The summed E-state index contributed by atoms with van der Waals surface area (Å²) in [5, 5.41) is 0. The van der Waals surface area contributed by atoms with Crippen molar-refractivity contribution in [2.45, 2.75) is 37.3 Å². The number of ketones is 1. The molecule has 0 amide bonds. The van der Waals surface area contributed by atoms with E-state index in [4.69, 9.17) is 4.74 Å². The fraction of sp³-hybridized carbons (Fsp3) is 0.409. The molecular formula is C22H28N2O4S. The summed E-state index contributed by atoms with van der Waals surface area (Å²) in [6.45, 7) is 2.64. The molecule has 1 heterocycles. The van der Waals surface area contributed by atoms with Crippen LogP contribution < -0.4 is 4.90 Å². The number of nitrogens with zero attached hydrogens (tertiary/aromatic N) is 2. The Morgan fingerprint density at radius 1 is 1.14 bits per heavy atom. The lowest BCUT2D eigenvalue weighted by Crippen LogP contribution is -2.37. The van der Waals surface area contributed by atoms with E-state index in [1.807, 2.05) is 43.3 Å². The molecule has 7 heteroatoms. The summed E-state index contributed by atoms with van der Waals surface area (Å²) in [5.41, 5.74) is 2.34. The van der Waals surface area contributed by atoms with Gasteiger partial charge < -0.3 is 9.64 Å². The zero-order valence-electron chi connectivity index (χ0n) is 17.2. The molecule has 6 nitrogen and oxygen atoms in total. The van der Waals surface area contributed by atoms with Crippen molar-refractivity contribution in [3.05, 3.63) is 59.7 Å². The van der Waals surface area contributed by atoms with Crippen LogP contribution in [0.1, 0.15) is 35.7 Å². The van der Waals surface area contributed by atoms with Crippen molar-refractivity contribution < 1.29 is 17.9 Å². The molecule has 0 unspecified atom stereocenters. The number of sulfonamides is 1. The fourth-order valence-electron chi connectivity index (χ4n) is 3.39. The van der Waals surface area contributed by atoms with Crippen molar-refractivity contribution in [3.8, 4) is 0 Å². The Labute approximate surface area is 173 Å². The number of hydrogen-bond donors (Lipinski definition) is 0. The first-order chi connectivity index (χ1) is 13.8. The minimum absolute atomic E-state index is 0.109. The van der Waals surface area contributed by atoms with Gasteiger partial charge in [0.05, 0.1) is 11.0 Å². The van der Waals surface area contributed by atoms with Crippen LogP contribution >= 0.6 is 0 Å². The summed E-state index contributed by atoms with van der Waals surface area (Å²) in [4.78, 5) is 13.8. The molecule has 2 aromatic rings. The lowest BCUT2D eigenvalue weighted by molar-refractivity contribution is 0.0925. The van der Waals surface area contributed by atoms with Gasteiger partial charge in [-0.15, -0.1) is 0 Å². The molecule has 0 aliphatic carbocycles. The third-order valence-corrected chi connectivity index (χ3v) is 6.93. The van der Waals surface area contributed by atoms with Gasteiger partial charge >= 0.3 is 0 Å². The van der Waals surface area contributed by atoms with Crippen LogP contribution in [0.2, 0.25) is 0 Å². The lowest BCUT2D eigenvalue weighted by atomic mass is 10.2. The third-order valence-electron chi connectivity index (χ3n) is 5.12. The van der Waals surface area contributed by atoms with Crippen molar-refractivity contribution in [2.24, 2.45) is 0 Å². The highest BCUT2D eigenvalue weighted by Crippen LogP contribution is 2.24. The zero-order chi connectivity index (χ0) is 21.0. The average Bonchev–Trinajstić information content (AvgIpc) is 3.21. The van der Waals surface area contributed by atoms with Crippen molar-refractivity contribution in [1.29, 1.82) is 0 Å². The molecule has 1 aliphatic rings. The number of rotatable bonds is 8. The van der Waals surface area contributed by atoms with Crippen LogP contribution in [0, 0.1) is 0 Å². The standard InChI is InChI=1S/C22H28N2O4S/c1-17(25)19-6-4-8-22(14-19)29(26,27)24(16-21-7-5-13-28-21)15-18-9-11-20(12-10-18)23(2)3/h4,6,8-12,14,21H,5,7,13,15-16H2,1-3H3/t21-/m0/s1. The molecule has 2 aromatic carbocycles. The van der Waals surface area contributed by atoms with Crippen LogP contribution in [0.3, 0.4) is 0 Å². The van der Waals surface area contributed by atoms with Crippen molar-refractivity contribution in [3.63, 3.8) is 0 Å². The summed E-state index contributed by atoms with van der Waals surface area (Å²) >= 11 is 0. The van der Waals surface area contributed by atoms with Crippen molar-refractivity contribution >= 4 is 21.5 Å². The Hall–Kier alpha value is -2.22. The predicted octanol–water partition coefficient (Wildman–Crippen LogP) is 3.33. The lowest BCUT2D eigenvalue weighted by Gasteiger charge is -2.25. The third kappa shape index (κ3) is 5.23. The number of hydrogen-bond acceptors (Lipinski definition) is 5. The van der Waals surface area contributed by atoms with Gasteiger partial charge in [-0.2, -0.15) is 4.31 Å². The van der Waals surface area contributed by atoms with Gasteiger partial charge in [-0.1, -0.05) is 24.3 Å². The Morgan fingerprint density at radius 2 is 1.86 bits per heavy atom. The maximum Gasteiger partial charge on any atom is 0.243 e. The quantitative estimate of drug-likeness (QED) is 0.618. The van der Waals surface area contributed by atoms with Crippen LogP contribution in [-0.2, 0) is 21.3 Å². The highest BCUT2D eigenvalue weighted by atomic mass is 32.2. The van der Waals surface area contributed by atoms with E-state index < -0.39 is 10.0 Å². The Morgan fingerprint density at radius 3 is 2.45 bits per heavy atom. The van der Waals surface area contributed by atoms with Crippen LogP contribution in [0.5, 0.6) is 0 Å². The molecule has 3 rings (SSSR count). The number of ether oxygens (including phenoxy) is 1. The fourth-order valence-corrected chi connectivity index (χ4v) is 4.90. The second-order valence-electron chi connectivity index (χ2n) is 7.58. The summed E-state index contributed by atoms with van der Waals surface area (Å²) in [7, 11) is 0.148. The second-order valence-corrected chi connectivity index (χ2v) is 9.52. The highest BCUT2D eigenvalue weighted by molar-refractivity contribution is 7.89. The molecule has 0 spiro atoms. The molecule has 0 saturated carbocycles. The molecular weight excluding hydrogens is 388 g/mol. The molecule has 1 aliphatic heterocycles. The van der Waals surface area contributed by atoms with Gasteiger partial charge in [-0.25, -0.2) is 8.42 Å². The van der Waals surface area contributed by atoms with Crippen LogP contribution in [0.15, 0.2) is 53.4 Å². The molecule has 1 saturated heterocycles. The van der Waals surface area contributed by atoms with Gasteiger partial charge in [-0.3, -0.25) is 4.79 Å². The van der Waals surface area contributed by atoms with Crippen LogP contribution in [0.4, 0.5) is 5.69 Å². The maximum absolute atomic E-state index is 13.4. The number of carbonyl (C=O) groups is 1. The van der Waals surface area contributed by atoms with Crippen molar-refractivity contribution in [1.82, 2.24) is 4.31 Å². The van der Waals surface area contributed by atoms with E-state index in [0.29, 0.717) is 18.7 Å². The average molecular weight is 417 g/mol. The van der Waals surface area contributed by atoms with E-state index in [9.17, 15) is 13.2 Å². The Balaban J connectivity index is 1.91. The SMILES string of the molecule is CC(=O)c1cccc(S(=O)(=O)N(Cc2ccc(N(C)C)cc2)C[C@@H]2CCCO2)c1. The molecule has 0 radical (unpaired) electrons. The molecule has 0 bridgehead atoms. The minimum Gasteiger partial charge on any atom is -0.378 e. The summed E-state index contributed by atoms with van der Waals surface area (Å²) in [5.74, 6) is -0.160. The van der Waals surface area contributed by atoms with Gasteiger partial charge in [0.15, 0.2) is 5.78 Å². The first-order valence-electron chi connectivity index (χ1n) is 9.76. The van der Waals surface area contributed by atoms with Gasteiger partial charge in [0, 0.05) is 45.0 Å². The molecule has 0 aromatic heterocycles. The van der Waals surface area contributed by atoms with E-state index >= 15 is 0 Å². The normalized spacial score (nSPS) is 16.9. The molecule has 0 N–H and O–H groups in total. The Kier molecular flexibility index (Phi) is 6.72. The van der Waals surface area contributed by atoms with Crippen LogP contribution in [0.25, 0.3) is 0 Å². The summed E-state index contributed by atoms with van der Waals surface area (Å²) in [6.07, 6.45) is 1.68.